The number of hydrogen-bond acceptors (Lipinski definition) is 1. The summed E-state index contributed by atoms with van der Waals surface area (Å²) in [5.74, 6) is 0.264. The summed E-state index contributed by atoms with van der Waals surface area (Å²) in [6, 6.07) is 27.0. The molecule has 3 aromatic rings. The highest BCUT2D eigenvalue weighted by Gasteiger charge is 2.25. The Balaban J connectivity index is 2.15. The van der Waals surface area contributed by atoms with Gasteiger partial charge in [-0.05, 0) is 11.1 Å². The monoisotopic (exact) mass is 302 g/mol. The minimum Gasteiger partial charge on any atom is -0.293 e. The van der Waals surface area contributed by atoms with Crippen LogP contribution >= 0.6 is 0 Å². The lowest BCUT2D eigenvalue weighted by molar-refractivity contribution is -0.692. The van der Waals surface area contributed by atoms with Crippen LogP contribution in [0.4, 0.5) is 0 Å². The van der Waals surface area contributed by atoms with Gasteiger partial charge in [0.1, 0.15) is 0 Å². The van der Waals surface area contributed by atoms with Crippen LogP contribution in [0.25, 0.3) is 0 Å². The molecule has 114 valence electrons. The van der Waals surface area contributed by atoms with E-state index in [9.17, 15) is 4.79 Å². The van der Waals surface area contributed by atoms with Crippen LogP contribution in [0.3, 0.4) is 0 Å². The second kappa shape index (κ2) is 7.01. The standard InChI is InChI=1S/C21H20NO/c1-17(23)16-22-15-9-8-14-20(22)21(18-10-4-2-5-11-18)19-12-6-3-7-13-19/h2-15,21H,16H2,1H3/q+1. The summed E-state index contributed by atoms with van der Waals surface area (Å²) in [5.41, 5.74) is 3.57. The number of nitrogens with zero attached hydrogens (tertiary/aromatic N) is 1. The molecule has 0 aliphatic rings. The summed E-state index contributed by atoms with van der Waals surface area (Å²) < 4.78 is 2.05. The molecule has 0 aliphatic heterocycles. The topological polar surface area (TPSA) is 20.9 Å². The Kier molecular flexibility index (Phi) is 4.62. The maximum absolute atomic E-state index is 11.6. The number of Topliss-reactive ketones (excluding diaryl/α,β-unsaturated/α-hetero) is 1. The van der Waals surface area contributed by atoms with Crippen molar-refractivity contribution in [1.82, 2.24) is 0 Å². The lowest BCUT2D eigenvalue weighted by Crippen LogP contribution is -2.42. The smallest absolute Gasteiger partial charge is 0.206 e. The number of pyridine rings is 1. The number of carbonyl (C=O) groups excluding carboxylic acids is 1. The van der Waals surface area contributed by atoms with Crippen molar-refractivity contribution < 1.29 is 9.36 Å². The van der Waals surface area contributed by atoms with E-state index >= 15 is 0 Å². The van der Waals surface area contributed by atoms with Crippen LogP contribution < -0.4 is 4.57 Å². The first-order valence-electron chi connectivity index (χ1n) is 7.83. The second-order valence-electron chi connectivity index (χ2n) is 5.71. The van der Waals surface area contributed by atoms with Crippen LogP contribution in [0, 0.1) is 0 Å². The van der Waals surface area contributed by atoms with Crippen molar-refractivity contribution in [2.24, 2.45) is 0 Å². The van der Waals surface area contributed by atoms with E-state index in [0.29, 0.717) is 6.54 Å². The lowest BCUT2D eigenvalue weighted by Gasteiger charge is -2.16. The molecule has 0 amide bonds. The third-order valence-electron chi connectivity index (χ3n) is 3.93. The molecule has 1 heterocycles. The van der Waals surface area contributed by atoms with Gasteiger partial charge in [0.2, 0.25) is 6.54 Å². The third-order valence-corrected chi connectivity index (χ3v) is 3.93. The van der Waals surface area contributed by atoms with Crippen LogP contribution in [0.5, 0.6) is 0 Å². The maximum Gasteiger partial charge on any atom is 0.206 e. The third kappa shape index (κ3) is 3.54. The van der Waals surface area contributed by atoms with Gasteiger partial charge in [-0.15, -0.1) is 0 Å². The summed E-state index contributed by atoms with van der Waals surface area (Å²) >= 11 is 0. The SMILES string of the molecule is CC(=O)C[n+]1ccccc1C(c1ccccc1)c1ccccc1. The quantitative estimate of drug-likeness (QED) is 0.658. The first-order valence-corrected chi connectivity index (χ1v) is 7.83. The second-order valence-corrected chi connectivity index (χ2v) is 5.71. The summed E-state index contributed by atoms with van der Waals surface area (Å²) in [5, 5.41) is 0. The van der Waals surface area contributed by atoms with Crippen LogP contribution in [0.15, 0.2) is 85.1 Å². The Morgan fingerprint density at radius 1 is 0.826 bits per heavy atom. The molecule has 0 aliphatic carbocycles. The Morgan fingerprint density at radius 3 is 1.87 bits per heavy atom. The van der Waals surface area contributed by atoms with Crippen LogP contribution in [0.1, 0.15) is 29.7 Å². The van der Waals surface area contributed by atoms with Crippen molar-refractivity contribution >= 4 is 5.78 Å². The van der Waals surface area contributed by atoms with Crippen molar-refractivity contribution in [3.05, 3.63) is 102 Å². The van der Waals surface area contributed by atoms with Crippen molar-refractivity contribution in [1.29, 1.82) is 0 Å². The van der Waals surface area contributed by atoms with E-state index < -0.39 is 0 Å². The summed E-state index contributed by atoms with van der Waals surface area (Å²) in [7, 11) is 0. The predicted molar refractivity (Wildman–Crippen MR) is 91.1 cm³/mol. The Labute approximate surface area is 137 Å². The zero-order chi connectivity index (χ0) is 16.1. The van der Waals surface area contributed by atoms with E-state index in [0.717, 1.165) is 5.69 Å². The van der Waals surface area contributed by atoms with Gasteiger partial charge in [0.15, 0.2) is 17.7 Å². The zero-order valence-electron chi connectivity index (χ0n) is 13.2. The number of aromatic nitrogens is 1. The molecule has 3 rings (SSSR count). The fourth-order valence-electron chi connectivity index (χ4n) is 2.96. The molecule has 0 radical (unpaired) electrons. The number of carbonyl (C=O) groups is 1. The van der Waals surface area contributed by atoms with Crippen molar-refractivity contribution in [3.63, 3.8) is 0 Å². The Bertz CT molecular complexity index is 742. The molecule has 0 unspecified atom stereocenters. The average Bonchev–Trinajstić information content (AvgIpc) is 2.58. The number of hydrogen-bond donors (Lipinski definition) is 0. The summed E-state index contributed by atoms with van der Waals surface area (Å²) in [4.78, 5) is 11.6. The van der Waals surface area contributed by atoms with E-state index in [2.05, 4.69) is 54.6 Å². The molecule has 0 fully saturated rings. The Hall–Kier alpha value is -2.74. The van der Waals surface area contributed by atoms with Gasteiger partial charge in [-0.2, -0.15) is 4.57 Å². The lowest BCUT2D eigenvalue weighted by atomic mass is 9.88. The maximum atomic E-state index is 11.6. The summed E-state index contributed by atoms with van der Waals surface area (Å²) in [6.07, 6.45) is 1.98. The van der Waals surface area contributed by atoms with Crippen LogP contribution in [-0.4, -0.2) is 5.78 Å². The van der Waals surface area contributed by atoms with Crippen molar-refractivity contribution in [2.75, 3.05) is 0 Å². The number of ketones is 1. The van der Waals surface area contributed by atoms with E-state index in [1.165, 1.54) is 11.1 Å². The van der Waals surface area contributed by atoms with E-state index in [4.69, 9.17) is 0 Å². The minimum atomic E-state index is 0.109. The van der Waals surface area contributed by atoms with Gasteiger partial charge in [-0.3, -0.25) is 4.79 Å². The molecular weight excluding hydrogens is 282 g/mol. The molecule has 23 heavy (non-hydrogen) atoms. The van der Waals surface area contributed by atoms with Crippen LogP contribution in [-0.2, 0) is 11.3 Å². The van der Waals surface area contributed by atoms with E-state index in [1.54, 1.807) is 6.92 Å². The van der Waals surface area contributed by atoms with Crippen molar-refractivity contribution in [3.8, 4) is 0 Å². The van der Waals surface area contributed by atoms with Gasteiger partial charge in [0, 0.05) is 19.1 Å². The number of rotatable bonds is 5. The summed E-state index contributed by atoms with van der Waals surface area (Å²) in [6.45, 7) is 2.02. The molecule has 0 atom stereocenters. The minimum absolute atomic E-state index is 0.109. The first kappa shape index (κ1) is 15.2. The zero-order valence-corrected chi connectivity index (χ0v) is 13.2. The highest BCUT2D eigenvalue weighted by molar-refractivity contribution is 5.73. The average molecular weight is 302 g/mol. The molecule has 0 saturated carbocycles. The highest BCUT2D eigenvalue weighted by Crippen LogP contribution is 2.29. The fourth-order valence-corrected chi connectivity index (χ4v) is 2.96. The van der Waals surface area contributed by atoms with Gasteiger partial charge in [0.05, 0.1) is 5.92 Å². The van der Waals surface area contributed by atoms with Gasteiger partial charge in [0.25, 0.3) is 0 Å². The van der Waals surface area contributed by atoms with Crippen molar-refractivity contribution in [2.45, 2.75) is 19.4 Å². The highest BCUT2D eigenvalue weighted by atomic mass is 16.1. The molecule has 2 nitrogen and oxygen atoms in total. The molecule has 2 heteroatoms. The molecule has 0 spiro atoms. The first-order chi connectivity index (χ1) is 11.3. The van der Waals surface area contributed by atoms with Gasteiger partial charge < -0.3 is 0 Å². The Morgan fingerprint density at radius 2 is 1.35 bits per heavy atom. The van der Waals surface area contributed by atoms with E-state index in [1.807, 2.05) is 35.0 Å². The molecule has 0 saturated heterocycles. The normalized spacial score (nSPS) is 10.7. The molecule has 1 aromatic heterocycles. The van der Waals surface area contributed by atoms with Gasteiger partial charge >= 0.3 is 0 Å². The predicted octanol–water partition coefficient (Wildman–Crippen LogP) is 3.74. The van der Waals surface area contributed by atoms with Crippen LogP contribution in [0.2, 0.25) is 0 Å². The molecular formula is C21H20NO+. The molecule has 0 N–H and O–H groups in total. The number of benzene rings is 2. The van der Waals surface area contributed by atoms with Gasteiger partial charge in [-0.25, -0.2) is 0 Å². The fraction of sp³-hybridized carbons (Fsp3) is 0.143. The largest absolute Gasteiger partial charge is 0.293 e. The molecule has 2 aromatic carbocycles. The van der Waals surface area contributed by atoms with Gasteiger partial charge in [-0.1, -0.05) is 66.7 Å². The van der Waals surface area contributed by atoms with E-state index in [-0.39, 0.29) is 11.7 Å². The molecule has 0 bridgehead atoms.